The standard InChI is InChI=1S/C17H15ClO3/c18-14-7-5-12(6-8-14)9-17(16(19)20)10-13-3-1-2-4-15(13)21-11-17/h1-8H,9-11H2,(H,19,20). The minimum Gasteiger partial charge on any atom is -0.492 e. The van der Waals surface area contributed by atoms with Gasteiger partial charge in [0.15, 0.2) is 0 Å². The Bertz CT molecular complexity index is 666. The largest absolute Gasteiger partial charge is 0.492 e. The van der Waals surface area contributed by atoms with Crippen molar-refractivity contribution in [2.75, 3.05) is 6.61 Å². The Labute approximate surface area is 128 Å². The SMILES string of the molecule is O=C(O)C1(Cc2ccc(Cl)cc2)COc2ccccc2C1. The lowest BCUT2D eigenvalue weighted by Crippen LogP contribution is -2.43. The highest BCUT2D eigenvalue weighted by molar-refractivity contribution is 6.30. The second-order valence-corrected chi connectivity index (χ2v) is 5.90. The van der Waals surface area contributed by atoms with Gasteiger partial charge in [-0.3, -0.25) is 4.79 Å². The lowest BCUT2D eigenvalue weighted by molar-refractivity contribution is -0.151. The molecule has 4 heteroatoms. The van der Waals surface area contributed by atoms with Crippen LogP contribution in [0.2, 0.25) is 5.02 Å². The van der Waals surface area contributed by atoms with Crippen molar-refractivity contribution in [1.82, 2.24) is 0 Å². The molecule has 3 rings (SSSR count). The maximum Gasteiger partial charge on any atom is 0.313 e. The molecule has 1 aliphatic heterocycles. The average molecular weight is 303 g/mol. The van der Waals surface area contributed by atoms with Crippen LogP contribution in [0, 0.1) is 5.41 Å². The highest BCUT2D eigenvalue weighted by Crippen LogP contribution is 2.37. The summed E-state index contributed by atoms with van der Waals surface area (Å²) in [5.74, 6) is -0.0440. The molecule has 0 amide bonds. The van der Waals surface area contributed by atoms with Crippen LogP contribution in [-0.2, 0) is 17.6 Å². The van der Waals surface area contributed by atoms with Gasteiger partial charge in [-0.2, -0.15) is 0 Å². The third-order valence-electron chi connectivity index (χ3n) is 3.91. The summed E-state index contributed by atoms with van der Waals surface area (Å²) in [6, 6.07) is 14.9. The number of rotatable bonds is 3. The van der Waals surface area contributed by atoms with Gasteiger partial charge in [0.05, 0.1) is 0 Å². The number of carboxylic acids is 1. The number of carbonyl (C=O) groups is 1. The van der Waals surface area contributed by atoms with Crippen molar-refractivity contribution in [3.05, 3.63) is 64.7 Å². The van der Waals surface area contributed by atoms with Crippen molar-refractivity contribution < 1.29 is 14.6 Å². The van der Waals surface area contributed by atoms with E-state index in [4.69, 9.17) is 16.3 Å². The summed E-state index contributed by atoms with van der Waals surface area (Å²) in [5, 5.41) is 10.4. The highest BCUT2D eigenvalue weighted by atomic mass is 35.5. The van der Waals surface area contributed by atoms with Crippen LogP contribution in [0.15, 0.2) is 48.5 Å². The van der Waals surface area contributed by atoms with E-state index in [0.717, 1.165) is 16.9 Å². The Morgan fingerprint density at radius 2 is 1.90 bits per heavy atom. The summed E-state index contributed by atoms with van der Waals surface area (Å²) in [6.45, 7) is 0.183. The molecule has 0 fully saturated rings. The van der Waals surface area contributed by atoms with Gasteiger partial charge in [-0.15, -0.1) is 0 Å². The normalized spacial score (nSPS) is 20.4. The predicted octanol–water partition coefficient (Wildman–Crippen LogP) is 3.59. The molecule has 3 nitrogen and oxygen atoms in total. The third kappa shape index (κ3) is 2.74. The zero-order chi connectivity index (χ0) is 14.9. The van der Waals surface area contributed by atoms with Crippen LogP contribution >= 0.6 is 11.6 Å². The van der Waals surface area contributed by atoms with E-state index < -0.39 is 11.4 Å². The molecule has 0 bridgehead atoms. The van der Waals surface area contributed by atoms with Gasteiger partial charge in [-0.1, -0.05) is 41.9 Å². The fraction of sp³-hybridized carbons (Fsp3) is 0.235. The van der Waals surface area contributed by atoms with Gasteiger partial charge in [-0.05, 0) is 42.2 Å². The molecule has 2 aromatic carbocycles. The van der Waals surface area contributed by atoms with E-state index in [0.29, 0.717) is 17.9 Å². The average Bonchev–Trinajstić information content (AvgIpc) is 2.49. The van der Waals surface area contributed by atoms with Crippen molar-refractivity contribution in [3.8, 4) is 5.75 Å². The van der Waals surface area contributed by atoms with Crippen molar-refractivity contribution in [2.45, 2.75) is 12.8 Å². The third-order valence-corrected chi connectivity index (χ3v) is 4.17. The molecule has 1 unspecified atom stereocenters. The molecule has 108 valence electrons. The number of benzene rings is 2. The molecule has 0 saturated carbocycles. The Kier molecular flexibility index (Phi) is 3.60. The Morgan fingerprint density at radius 1 is 1.19 bits per heavy atom. The number of carboxylic acid groups (broad SMARTS) is 1. The lowest BCUT2D eigenvalue weighted by atomic mass is 9.75. The van der Waals surface area contributed by atoms with E-state index in [1.807, 2.05) is 36.4 Å². The molecule has 0 spiro atoms. The second kappa shape index (κ2) is 5.41. The summed E-state index contributed by atoms with van der Waals surface area (Å²) >= 11 is 5.88. The van der Waals surface area contributed by atoms with E-state index in [1.165, 1.54) is 0 Å². The van der Waals surface area contributed by atoms with Crippen molar-refractivity contribution in [2.24, 2.45) is 5.41 Å². The number of para-hydroxylation sites is 1. The molecular formula is C17H15ClO3. The first-order valence-corrected chi connectivity index (χ1v) is 7.15. The number of ether oxygens (including phenoxy) is 1. The molecule has 2 aromatic rings. The fourth-order valence-electron chi connectivity index (χ4n) is 2.74. The van der Waals surface area contributed by atoms with Crippen LogP contribution in [0.5, 0.6) is 5.75 Å². The van der Waals surface area contributed by atoms with Gasteiger partial charge in [0.25, 0.3) is 0 Å². The van der Waals surface area contributed by atoms with Crippen LogP contribution in [0.25, 0.3) is 0 Å². The second-order valence-electron chi connectivity index (χ2n) is 5.46. The maximum absolute atomic E-state index is 11.9. The van der Waals surface area contributed by atoms with E-state index in [9.17, 15) is 9.90 Å². The van der Waals surface area contributed by atoms with Crippen LogP contribution in [-0.4, -0.2) is 17.7 Å². The van der Waals surface area contributed by atoms with Crippen LogP contribution in [0.1, 0.15) is 11.1 Å². The highest BCUT2D eigenvalue weighted by Gasteiger charge is 2.43. The monoisotopic (exact) mass is 302 g/mol. The van der Waals surface area contributed by atoms with Crippen LogP contribution in [0.3, 0.4) is 0 Å². The quantitative estimate of drug-likeness (QED) is 0.942. The van der Waals surface area contributed by atoms with Gasteiger partial charge < -0.3 is 9.84 Å². The zero-order valence-corrected chi connectivity index (χ0v) is 12.1. The molecule has 1 N–H and O–H groups in total. The van der Waals surface area contributed by atoms with E-state index in [-0.39, 0.29) is 6.61 Å². The van der Waals surface area contributed by atoms with E-state index >= 15 is 0 Å². The van der Waals surface area contributed by atoms with E-state index in [1.54, 1.807) is 12.1 Å². The van der Waals surface area contributed by atoms with Gasteiger partial charge >= 0.3 is 5.97 Å². The molecular weight excluding hydrogens is 288 g/mol. The fourth-order valence-corrected chi connectivity index (χ4v) is 2.87. The topological polar surface area (TPSA) is 46.5 Å². The Hall–Kier alpha value is -2.00. The first kappa shape index (κ1) is 14.0. The molecule has 0 aromatic heterocycles. The summed E-state index contributed by atoms with van der Waals surface area (Å²) in [6.07, 6.45) is 0.898. The van der Waals surface area contributed by atoms with Gasteiger partial charge in [0, 0.05) is 5.02 Å². The summed E-state index contributed by atoms with van der Waals surface area (Å²) < 4.78 is 5.69. The molecule has 0 aliphatic carbocycles. The molecule has 1 atom stereocenters. The molecule has 21 heavy (non-hydrogen) atoms. The van der Waals surface area contributed by atoms with Gasteiger partial charge in [0.1, 0.15) is 17.8 Å². The summed E-state index contributed by atoms with van der Waals surface area (Å²) in [4.78, 5) is 11.9. The van der Waals surface area contributed by atoms with Crippen molar-refractivity contribution in [1.29, 1.82) is 0 Å². The molecule has 0 radical (unpaired) electrons. The summed E-state index contributed by atoms with van der Waals surface area (Å²) in [5.41, 5.74) is 0.965. The minimum atomic E-state index is -0.928. The predicted molar refractivity (Wildman–Crippen MR) is 80.9 cm³/mol. The maximum atomic E-state index is 11.9. The zero-order valence-electron chi connectivity index (χ0n) is 11.4. The van der Waals surface area contributed by atoms with E-state index in [2.05, 4.69) is 0 Å². The van der Waals surface area contributed by atoms with Crippen molar-refractivity contribution >= 4 is 17.6 Å². The van der Waals surface area contributed by atoms with Crippen LogP contribution < -0.4 is 4.74 Å². The van der Waals surface area contributed by atoms with Crippen molar-refractivity contribution in [3.63, 3.8) is 0 Å². The van der Waals surface area contributed by atoms with Gasteiger partial charge in [0.2, 0.25) is 0 Å². The van der Waals surface area contributed by atoms with Crippen LogP contribution in [0.4, 0.5) is 0 Å². The number of hydrogen-bond acceptors (Lipinski definition) is 2. The smallest absolute Gasteiger partial charge is 0.313 e. The first-order valence-electron chi connectivity index (χ1n) is 6.78. The van der Waals surface area contributed by atoms with Gasteiger partial charge in [-0.25, -0.2) is 0 Å². The summed E-state index contributed by atoms with van der Waals surface area (Å²) in [7, 11) is 0. The number of fused-ring (bicyclic) bond motifs is 1. The Morgan fingerprint density at radius 3 is 2.62 bits per heavy atom. The molecule has 0 saturated heterocycles. The molecule has 1 aliphatic rings. The number of halogens is 1. The first-order chi connectivity index (χ1) is 10.1. The number of aliphatic carboxylic acids is 1. The number of hydrogen-bond donors (Lipinski definition) is 1. The molecule has 1 heterocycles. The Balaban J connectivity index is 1.91. The minimum absolute atomic E-state index is 0.183. The lowest BCUT2D eigenvalue weighted by Gasteiger charge is -2.34.